The molecule has 11 heteroatoms. The summed E-state index contributed by atoms with van der Waals surface area (Å²) in [7, 11) is 0. The first kappa shape index (κ1) is 22.8. The van der Waals surface area contributed by atoms with E-state index < -0.39 is 29.3 Å². The number of likely N-dealkylation sites (N-methyl/N-ethyl adjacent to an activating group) is 1. The Morgan fingerprint density at radius 1 is 1.33 bits per heavy atom. The van der Waals surface area contributed by atoms with E-state index in [9.17, 15) is 23.9 Å². The minimum atomic E-state index is -1.50. The summed E-state index contributed by atoms with van der Waals surface area (Å²) in [6.45, 7) is 3.08. The Hall–Kier alpha value is -3.34. The van der Waals surface area contributed by atoms with Crippen LogP contribution in [-0.4, -0.2) is 73.1 Å². The third-order valence-corrected chi connectivity index (χ3v) is 6.52. The number of aromatic nitrogens is 3. The third kappa shape index (κ3) is 4.20. The number of hydrogen-bond acceptors (Lipinski definition) is 6. The summed E-state index contributed by atoms with van der Waals surface area (Å²) < 4.78 is 16.3. The quantitative estimate of drug-likeness (QED) is 0.566. The summed E-state index contributed by atoms with van der Waals surface area (Å²) >= 11 is 0. The second-order valence-electron chi connectivity index (χ2n) is 8.65. The molecule has 1 atom stereocenters. The van der Waals surface area contributed by atoms with Gasteiger partial charge in [0, 0.05) is 25.3 Å². The fourth-order valence-corrected chi connectivity index (χ4v) is 4.57. The Kier molecular flexibility index (Phi) is 6.15. The number of carboxylic acid groups (broad SMARTS) is 1. The van der Waals surface area contributed by atoms with Gasteiger partial charge in [0.2, 0.25) is 5.91 Å². The molecule has 10 nitrogen and oxygen atoms in total. The zero-order valence-corrected chi connectivity index (χ0v) is 18.2. The highest BCUT2D eigenvalue weighted by Gasteiger charge is 2.51. The lowest BCUT2D eigenvalue weighted by Gasteiger charge is -2.44. The Morgan fingerprint density at radius 3 is 2.73 bits per heavy atom. The van der Waals surface area contributed by atoms with E-state index in [4.69, 9.17) is 5.11 Å². The van der Waals surface area contributed by atoms with Crippen molar-refractivity contribution in [2.75, 3.05) is 19.7 Å². The van der Waals surface area contributed by atoms with Crippen LogP contribution in [-0.2, 0) is 9.59 Å². The van der Waals surface area contributed by atoms with Gasteiger partial charge < -0.3 is 20.4 Å². The summed E-state index contributed by atoms with van der Waals surface area (Å²) in [5.74, 6) is -3.12. The fraction of sp³-hybridized carbons (Fsp3) is 0.500. The van der Waals surface area contributed by atoms with Crippen molar-refractivity contribution < 1.29 is 29.0 Å². The molecule has 0 spiro atoms. The minimum Gasteiger partial charge on any atom is -0.480 e. The van der Waals surface area contributed by atoms with Crippen molar-refractivity contribution in [3.63, 3.8) is 0 Å². The number of carbonyl (C=O) groups is 3. The number of halogens is 1. The van der Waals surface area contributed by atoms with Gasteiger partial charge in [-0.2, -0.15) is 0 Å². The first-order valence-electron chi connectivity index (χ1n) is 10.9. The van der Waals surface area contributed by atoms with Gasteiger partial charge in [0.25, 0.3) is 5.91 Å². The van der Waals surface area contributed by atoms with Gasteiger partial charge in [-0.1, -0.05) is 11.3 Å². The number of aliphatic hydroxyl groups is 1. The van der Waals surface area contributed by atoms with Crippen LogP contribution in [0.25, 0.3) is 11.3 Å². The molecule has 2 heterocycles. The molecule has 1 aromatic carbocycles. The zero-order chi connectivity index (χ0) is 23.8. The number of benzene rings is 1. The number of hydrogen-bond donors (Lipinski definition) is 3. The lowest BCUT2D eigenvalue weighted by atomic mass is 9.68. The topological polar surface area (TPSA) is 138 Å². The number of carbonyl (C=O) groups excluding carboxylic acids is 2. The van der Waals surface area contributed by atoms with Gasteiger partial charge in [-0.25, -0.2) is 13.9 Å². The summed E-state index contributed by atoms with van der Waals surface area (Å²) in [6.07, 6.45) is 3.26. The van der Waals surface area contributed by atoms with Crippen LogP contribution in [0.15, 0.2) is 24.4 Å². The molecule has 1 aromatic heterocycles. The normalized spacial score (nSPS) is 24.9. The molecule has 0 radical (unpaired) electrons. The largest absolute Gasteiger partial charge is 0.480 e. The number of amides is 2. The van der Waals surface area contributed by atoms with Gasteiger partial charge in [-0.15, -0.1) is 5.10 Å². The van der Waals surface area contributed by atoms with Crippen LogP contribution in [0, 0.1) is 11.7 Å². The van der Waals surface area contributed by atoms with E-state index in [2.05, 4.69) is 15.6 Å². The maximum Gasteiger partial charge on any atom is 0.329 e. The van der Waals surface area contributed by atoms with E-state index in [-0.39, 0.29) is 36.8 Å². The van der Waals surface area contributed by atoms with E-state index in [0.717, 1.165) is 12.5 Å². The number of nitrogens with zero attached hydrogens (tertiary/aromatic N) is 4. The lowest BCUT2D eigenvalue weighted by Crippen LogP contribution is -2.63. The number of aliphatic carboxylic acids is 1. The molecule has 0 bridgehead atoms. The second kappa shape index (κ2) is 8.89. The summed E-state index contributed by atoms with van der Waals surface area (Å²) in [4.78, 5) is 38.5. The predicted molar refractivity (Wildman–Crippen MR) is 114 cm³/mol. The fourth-order valence-electron chi connectivity index (χ4n) is 4.57. The van der Waals surface area contributed by atoms with Gasteiger partial charge in [0.15, 0.2) is 0 Å². The molecule has 2 amide bonds. The van der Waals surface area contributed by atoms with Crippen molar-refractivity contribution in [3.8, 4) is 11.3 Å². The average Bonchev–Trinajstić information content (AvgIpc) is 3.25. The SMILES string of the molecule is CCN1CCCC(n2cc(-c3ccc(C(=O)NC4(C(=O)O)CC(CO)C4)c(F)c3)nn2)C1=O. The Bertz CT molecular complexity index is 1080. The van der Waals surface area contributed by atoms with Crippen LogP contribution >= 0.6 is 0 Å². The molecule has 2 fully saturated rings. The van der Waals surface area contributed by atoms with Crippen molar-refractivity contribution >= 4 is 17.8 Å². The minimum absolute atomic E-state index is 0.0230. The van der Waals surface area contributed by atoms with Crippen LogP contribution in [0.4, 0.5) is 4.39 Å². The number of nitrogens with one attached hydrogen (secondary N) is 1. The molecule has 1 unspecified atom stereocenters. The molecule has 2 aromatic rings. The van der Waals surface area contributed by atoms with Gasteiger partial charge in [-0.3, -0.25) is 9.59 Å². The molecule has 176 valence electrons. The van der Waals surface area contributed by atoms with E-state index >= 15 is 0 Å². The van der Waals surface area contributed by atoms with E-state index in [0.29, 0.717) is 30.8 Å². The van der Waals surface area contributed by atoms with Crippen molar-refractivity contribution in [2.45, 2.75) is 44.2 Å². The zero-order valence-electron chi connectivity index (χ0n) is 18.2. The molecule has 2 aliphatic rings. The molecular formula is C22H26FN5O5. The van der Waals surface area contributed by atoms with Crippen molar-refractivity contribution in [3.05, 3.63) is 35.8 Å². The van der Waals surface area contributed by atoms with Gasteiger partial charge in [0.05, 0.1) is 11.8 Å². The number of aliphatic hydroxyl groups excluding tert-OH is 1. The summed E-state index contributed by atoms with van der Waals surface area (Å²) in [5, 5.41) is 29.2. The molecule has 1 aliphatic heterocycles. The number of likely N-dealkylation sites (tertiary alicyclic amines) is 1. The lowest BCUT2D eigenvalue weighted by molar-refractivity contribution is -0.151. The Morgan fingerprint density at radius 2 is 2.09 bits per heavy atom. The number of piperidine rings is 1. The van der Waals surface area contributed by atoms with E-state index in [1.165, 1.54) is 16.8 Å². The molecular weight excluding hydrogens is 433 g/mol. The Labute approximate surface area is 189 Å². The van der Waals surface area contributed by atoms with Gasteiger partial charge >= 0.3 is 5.97 Å². The van der Waals surface area contributed by atoms with Crippen LogP contribution in [0.2, 0.25) is 0 Å². The number of carboxylic acids is 1. The maximum atomic E-state index is 14.8. The molecule has 1 aliphatic carbocycles. The third-order valence-electron chi connectivity index (χ3n) is 6.52. The van der Waals surface area contributed by atoms with Crippen molar-refractivity contribution in [1.29, 1.82) is 0 Å². The molecule has 4 rings (SSSR count). The highest BCUT2D eigenvalue weighted by molar-refractivity contribution is 5.98. The number of rotatable bonds is 7. The highest BCUT2D eigenvalue weighted by Crippen LogP contribution is 2.38. The second-order valence-corrected chi connectivity index (χ2v) is 8.65. The van der Waals surface area contributed by atoms with Crippen molar-refractivity contribution in [1.82, 2.24) is 25.2 Å². The summed E-state index contributed by atoms with van der Waals surface area (Å²) in [6, 6.07) is 3.45. The Balaban J connectivity index is 1.50. The first-order chi connectivity index (χ1) is 15.8. The molecule has 1 saturated carbocycles. The van der Waals surface area contributed by atoms with Crippen LogP contribution in [0.5, 0.6) is 0 Å². The van der Waals surface area contributed by atoms with Crippen LogP contribution in [0.3, 0.4) is 0 Å². The predicted octanol–water partition coefficient (Wildman–Crippen LogP) is 1.22. The van der Waals surface area contributed by atoms with Crippen LogP contribution in [0.1, 0.15) is 49.0 Å². The monoisotopic (exact) mass is 459 g/mol. The average molecular weight is 459 g/mol. The maximum absolute atomic E-state index is 14.8. The molecule has 33 heavy (non-hydrogen) atoms. The van der Waals surface area contributed by atoms with Gasteiger partial charge in [0.1, 0.15) is 23.1 Å². The summed E-state index contributed by atoms with van der Waals surface area (Å²) in [5.41, 5.74) is -1.06. The highest BCUT2D eigenvalue weighted by atomic mass is 19.1. The smallest absolute Gasteiger partial charge is 0.329 e. The van der Waals surface area contributed by atoms with E-state index in [1.807, 2.05) is 6.92 Å². The van der Waals surface area contributed by atoms with Gasteiger partial charge in [-0.05, 0) is 50.7 Å². The molecule has 3 N–H and O–H groups in total. The van der Waals surface area contributed by atoms with Crippen LogP contribution < -0.4 is 5.32 Å². The standard InChI is InChI=1S/C22H26FN5O5/c1-2-27-7-3-4-18(20(27)31)28-11-17(25-26-28)14-5-6-15(16(23)8-14)19(30)24-22(21(32)33)9-13(10-22)12-29/h5-6,8,11,13,18,29H,2-4,7,9-10,12H2,1H3,(H,24,30)(H,32,33). The first-order valence-corrected chi connectivity index (χ1v) is 10.9. The molecule has 1 saturated heterocycles. The van der Waals surface area contributed by atoms with Crippen molar-refractivity contribution in [2.24, 2.45) is 5.92 Å². The van der Waals surface area contributed by atoms with E-state index in [1.54, 1.807) is 11.1 Å².